The Kier molecular flexibility index (Phi) is 6.52. The highest BCUT2D eigenvalue weighted by Gasteiger charge is 2.45. The SMILES string of the molecule is Cc1c(Nc2ccc(S(=O)(=O)C3CC3)cc2F)ncnc1OC1CC2CCC(C1)N2C(=O)OC(C)C. The summed E-state index contributed by atoms with van der Waals surface area (Å²) >= 11 is 0. The van der Waals surface area contributed by atoms with E-state index in [4.69, 9.17) is 9.47 Å². The number of hydrogen-bond acceptors (Lipinski definition) is 8. The van der Waals surface area contributed by atoms with E-state index in [1.165, 1.54) is 18.5 Å². The van der Waals surface area contributed by atoms with Gasteiger partial charge < -0.3 is 19.7 Å². The normalized spacial score (nSPS) is 23.6. The van der Waals surface area contributed by atoms with Gasteiger partial charge in [-0.2, -0.15) is 0 Å². The number of benzene rings is 1. The van der Waals surface area contributed by atoms with Crippen molar-refractivity contribution in [2.24, 2.45) is 0 Å². The molecule has 9 nitrogen and oxygen atoms in total. The van der Waals surface area contributed by atoms with Crippen LogP contribution in [0.4, 0.5) is 20.7 Å². The van der Waals surface area contributed by atoms with E-state index in [0.717, 1.165) is 18.9 Å². The Bertz CT molecular complexity index is 1250. The number of nitrogens with one attached hydrogen (secondary N) is 1. The number of ether oxygens (including phenoxy) is 2. The Balaban J connectivity index is 1.27. The molecule has 1 aliphatic carbocycles. The highest BCUT2D eigenvalue weighted by molar-refractivity contribution is 7.92. The second-order valence-electron chi connectivity index (χ2n) is 10.1. The molecular formula is C25H31FN4O5S. The fraction of sp³-hybridized carbons (Fsp3) is 0.560. The lowest BCUT2D eigenvalue weighted by molar-refractivity contribution is 0.0207. The Hall–Kier alpha value is -2.95. The molecule has 2 aliphatic heterocycles. The lowest BCUT2D eigenvalue weighted by Crippen LogP contribution is -2.50. The molecule has 2 saturated heterocycles. The first-order valence-electron chi connectivity index (χ1n) is 12.4. The quantitative estimate of drug-likeness (QED) is 0.570. The predicted octanol–water partition coefficient (Wildman–Crippen LogP) is 4.52. The molecule has 194 valence electrons. The Morgan fingerprint density at radius 3 is 2.44 bits per heavy atom. The summed E-state index contributed by atoms with van der Waals surface area (Å²) in [4.78, 5) is 22.9. The Morgan fingerprint density at radius 1 is 1.14 bits per heavy atom. The van der Waals surface area contributed by atoms with Crippen molar-refractivity contribution in [1.29, 1.82) is 0 Å². The fourth-order valence-corrected chi connectivity index (χ4v) is 6.76. The molecule has 2 atom stereocenters. The van der Waals surface area contributed by atoms with Crippen LogP contribution in [0, 0.1) is 12.7 Å². The number of aromatic nitrogens is 2. The number of carbonyl (C=O) groups excluding carboxylic acids is 1. The van der Waals surface area contributed by atoms with Gasteiger partial charge in [-0.15, -0.1) is 0 Å². The number of amides is 1. The first-order valence-corrected chi connectivity index (χ1v) is 14.0. The van der Waals surface area contributed by atoms with Crippen LogP contribution in [0.5, 0.6) is 5.88 Å². The van der Waals surface area contributed by atoms with Crippen molar-refractivity contribution in [2.75, 3.05) is 5.32 Å². The van der Waals surface area contributed by atoms with E-state index in [-0.39, 0.29) is 41.0 Å². The number of fused-ring (bicyclic) bond motifs is 2. The first-order chi connectivity index (χ1) is 17.1. The van der Waals surface area contributed by atoms with Crippen molar-refractivity contribution in [2.45, 2.75) is 93.7 Å². The molecule has 5 rings (SSSR count). The summed E-state index contributed by atoms with van der Waals surface area (Å²) in [5, 5.41) is 2.54. The van der Waals surface area contributed by atoms with E-state index in [0.29, 0.717) is 42.9 Å². The van der Waals surface area contributed by atoms with Gasteiger partial charge in [-0.1, -0.05) is 0 Å². The average Bonchev–Trinajstić information content (AvgIpc) is 3.63. The van der Waals surface area contributed by atoms with E-state index in [9.17, 15) is 17.6 Å². The molecule has 0 spiro atoms. The lowest BCUT2D eigenvalue weighted by atomic mass is 10.0. The summed E-state index contributed by atoms with van der Waals surface area (Å²) in [5.74, 6) is 0.0931. The van der Waals surface area contributed by atoms with Crippen LogP contribution < -0.4 is 10.1 Å². The van der Waals surface area contributed by atoms with Crippen molar-refractivity contribution >= 4 is 27.4 Å². The van der Waals surface area contributed by atoms with Gasteiger partial charge in [0.15, 0.2) is 9.84 Å². The molecule has 1 amide bonds. The monoisotopic (exact) mass is 518 g/mol. The summed E-state index contributed by atoms with van der Waals surface area (Å²) in [6.07, 6.45) is 5.24. The van der Waals surface area contributed by atoms with Crippen LogP contribution in [0.3, 0.4) is 0 Å². The molecule has 36 heavy (non-hydrogen) atoms. The van der Waals surface area contributed by atoms with E-state index in [1.54, 1.807) is 6.92 Å². The minimum atomic E-state index is -3.47. The van der Waals surface area contributed by atoms with E-state index >= 15 is 0 Å². The number of halogens is 1. The van der Waals surface area contributed by atoms with Gasteiger partial charge in [0.1, 0.15) is 24.1 Å². The van der Waals surface area contributed by atoms with Gasteiger partial charge in [-0.25, -0.2) is 27.6 Å². The second kappa shape index (κ2) is 9.49. The molecule has 0 radical (unpaired) electrons. The van der Waals surface area contributed by atoms with Gasteiger partial charge in [0.25, 0.3) is 0 Å². The van der Waals surface area contributed by atoms with Crippen LogP contribution in [0.25, 0.3) is 0 Å². The van der Waals surface area contributed by atoms with E-state index in [1.807, 2.05) is 18.7 Å². The van der Waals surface area contributed by atoms with Crippen LogP contribution in [0.1, 0.15) is 57.9 Å². The molecule has 11 heteroatoms. The van der Waals surface area contributed by atoms with E-state index < -0.39 is 20.9 Å². The smallest absolute Gasteiger partial charge is 0.410 e. The Labute approximate surface area is 210 Å². The summed E-state index contributed by atoms with van der Waals surface area (Å²) in [6, 6.07) is 4.02. The van der Waals surface area contributed by atoms with Crippen LogP contribution >= 0.6 is 0 Å². The van der Waals surface area contributed by atoms with Crippen LogP contribution in [-0.4, -0.2) is 58.9 Å². The van der Waals surface area contributed by atoms with Crippen LogP contribution in [0.15, 0.2) is 29.4 Å². The molecule has 2 unspecified atom stereocenters. The summed E-state index contributed by atoms with van der Waals surface area (Å²) < 4.78 is 51.3. The predicted molar refractivity (Wildman–Crippen MR) is 131 cm³/mol. The first kappa shape index (κ1) is 24.7. The topological polar surface area (TPSA) is 111 Å². The molecule has 1 saturated carbocycles. The van der Waals surface area contributed by atoms with Gasteiger partial charge in [0.2, 0.25) is 5.88 Å². The summed E-state index contributed by atoms with van der Waals surface area (Å²) in [6.45, 7) is 5.47. The molecular weight excluding hydrogens is 487 g/mol. The second-order valence-corrected chi connectivity index (χ2v) is 12.3. The van der Waals surface area contributed by atoms with E-state index in [2.05, 4.69) is 15.3 Å². The van der Waals surface area contributed by atoms with Gasteiger partial charge in [0.05, 0.1) is 27.5 Å². The molecule has 2 bridgehead atoms. The number of carbonyl (C=O) groups is 1. The van der Waals surface area contributed by atoms with Gasteiger partial charge in [-0.05, 0) is 64.7 Å². The minimum Gasteiger partial charge on any atom is -0.474 e. The van der Waals surface area contributed by atoms with Gasteiger partial charge in [0, 0.05) is 24.9 Å². The molecule has 1 aromatic carbocycles. The third-order valence-electron chi connectivity index (χ3n) is 7.04. The zero-order chi connectivity index (χ0) is 25.6. The number of piperidine rings is 1. The lowest BCUT2D eigenvalue weighted by Gasteiger charge is -2.38. The largest absolute Gasteiger partial charge is 0.474 e. The molecule has 1 aromatic heterocycles. The molecule has 1 N–H and O–H groups in total. The standard InChI is InChI=1S/C25H31FN4O5S/c1-14(2)34-25(31)30-16-4-5-17(30)11-18(10-16)35-24-15(3)23(27-13-28-24)29-22-9-8-20(12-21(22)26)36(32,33)19-6-7-19/h8-9,12-14,16-19H,4-7,10-11H2,1-3H3,(H,27,28,29). The number of anilines is 2. The molecule has 2 aromatic rings. The third kappa shape index (κ3) is 4.85. The van der Waals surface area contributed by atoms with Crippen molar-refractivity contribution in [1.82, 2.24) is 14.9 Å². The van der Waals surface area contributed by atoms with Crippen molar-refractivity contribution < 1.29 is 27.1 Å². The third-order valence-corrected chi connectivity index (χ3v) is 9.30. The molecule has 3 fully saturated rings. The highest BCUT2D eigenvalue weighted by atomic mass is 32.2. The van der Waals surface area contributed by atoms with Crippen molar-refractivity contribution in [3.8, 4) is 5.88 Å². The number of sulfone groups is 1. The average molecular weight is 519 g/mol. The highest BCUT2D eigenvalue weighted by Crippen LogP contribution is 2.39. The maximum atomic E-state index is 14.8. The zero-order valence-corrected chi connectivity index (χ0v) is 21.4. The van der Waals surface area contributed by atoms with Gasteiger partial charge in [-0.3, -0.25) is 0 Å². The summed E-state index contributed by atoms with van der Waals surface area (Å²) in [5.41, 5.74) is 0.730. The fourth-order valence-electron chi connectivity index (χ4n) is 5.09. The summed E-state index contributed by atoms with van der Waals surface area (Å²) in [7, 11) is -3.47. The maximum absolute atomic E-state index is 14.8. The van der Waals surface area contributed by atoms with Crippen LogP contribution in [-0.2, 0) is 14.6 Å². The van der Waals surface area contributed by atoms with Crippen molar-refractivity contribution in [3.05, 3.63) is 35.9 Å². The zero-order valence-electron chi connectivity index (χ0n) is 20.6. The minimum absolute atomic E-state index is 0.00488. The number of rotatable bonds is 7. The van der Waals surface area contributed by atoms with Gasteiger partial charge >= 0.3 is 6.09 Å². The molecule has 3 aliphatic rings. The molecule has 3 heterocycles. The number of hydrogen-bond donors (Lipinski definition) is 1. The maximum Gasteiger partial charge on any atom is 0.410 e. The Morgan fingerprint density at radius 2 is 1.83 bits per heavy atom. The number of nitrogens with zero attached hydrogens (tertiary/aromatic N) is 3. The van der Waals surface area contributed by atoms with Crippen molar-refractivity contribution in [3.63, 3.8) is 0 Å². The van der Waals surface area contributed by atoms with Crippen LogP contribution in [0.2, 0.25) is 0 Å².